The maximum absolute atomic E-state index is 11.7. The molecule has 0 saturated carbocycles. The number of carboxylic acid groups (broad SMARTS) is 1. The molecule has 0 bridgehead atoms. The van der Waals surface area contributed by atoms with Gasteiger partial charge in [0.2, 0.25) is 0 Å². The van der Waals surface area contributed by atoms with Crippen LogP contribution in [0.1, 0.15) is 19.3 Å². The monoisotopic (exact) mass is 290 g/mol. The van der Waals surface area contributed by atoms with Crippen LogP contribution in [0.2, 0.25) is 0 Å². The first-order chi connectivity index (χ1) is 9.40. The molecule has 1 unspecified atom stereocenters. The van der Waals surface area contributed by atoms with Crippen molar-refractivity contribution in [1.82, 2.24) is 10.2 Å². The molecule has 1 atom stereocenters. The average molecular weight is 290 g/mol. The van der Waals surface area contributed by atoms with Gasteiger partial charge in [-0.3, -0.25) is 9.59 Å². The van der Waals surface area contributed by atoms with Crippen molar-refractivity contribution in [3.05, 3.63) is 0 Å². The minimum atomic E-state index is -0.988. The van der Waals surface area contributed by atoms with Crippen LogP contribution in [0.5, 0.6) is 0 Å². The largest absolute Gasteiger partial charge is 0.481 e. The number of methoxy groups -OCH3 is 2. The molecule has 0 aromatic heterocycles. The molecule has 116 valence electrons. The van der Waals surface area contributed by atoms with Gasteiger partial charge < -0.3 is 24.8 Å². The summed E-state index contributed by atoms with van der Waals surface area (Å²) < 4.78 is 9.44. The van der Waals surface area contributed by atoms with Crippen LogP contribution in [-0.4, -0.2) is 68.4 Å². The highest BCUT2D eigenvalue weighted by molar-refractivity contribution is 5.74. The number of urea groups is 1. The maximum atomic E-state index is 11.7. The second-order valence-electron chi connectivity index (χ2n) is 4.24. The van der Waals surface area contributed by atoms with Gasteiger partial charge >= 0.3 is 18.0 Å². The van der Waals surface area contributed by atoms with Gasteiger partial charge in [-0.1, -0.05) is 0 Å². The third-order valence-electron chi connectivity index (χ3n) is 2.67. The van der Waals surface area contributed by atoms with Crippen molar-refractivity contribution < 1.29 is 29.0 Å². The topological polar surface area (TPSA) is 105 Å². The zero-order valence-electron chi connectivity index (χ0n) is 12.0. The van der Waals surface area contributed by atoms with Crippen LogP contribution >= 0.6 is 0 Å². The summed E-state index contributed by atoms with van der Waals surface area (Å²) in [6.45, 7) is 0.514. The van der Waals surface area contributed by atoms with E-state index >= 15 is 0 Å². The molecule has 0 aliphatic carbocycles. The quantitative estimate of drug-likeness (QED) is 0.582. The molecule has 0 fully saturated rings. The highest BCUT2D eigenvalue weighted by Gasteiger charge is 2.15. The van der Waals surface area contributed by atoms with Crippen LogP contribution < -0.4 is 5.32 Å². The third-order valence-corrected chi connectivity index (χ3v) is 2.67. The smallest absolute Gasteiger partial charge is 0.317 e. The molecule has 8 heteroatoms. The first-order valence-electron chi connectivity index (χ1n) is 6.21. The van der Waals surface area contributed by atoms with E-state index in [1.165, 1.54) is 19.1 Å². The summed E-state index contributed by atoms with van der Waals surface area (Å²) in [5.41, 5.74) is 0. The van der Waals surface area contributed by atoms with Crippen molar-refractivity contribution >= 4 is 18.0 Å². The Balaban J connectivity index is 3.94. The van der Waals surface area contributed by atoms with E-state index in [-0.39, 0.29) is 31.4 Å². The van der Waals surface area contributed by atoms with Crippen LogP contribution in [0.3, 0.4) is 0 Å². The number of nitrogens with one attached hydrogen (secondary N) is 1. The molecule has 0 aliphatic heterocycles. The molecule has 0 aromatic rings. The maximum Gasteiger partial charge on any atom is 0.317 e. The van der Waals surface area contributed by atoms with Crippen molar-refractivity contribution in [3.63, 3.8) is 0 Å². The molecule has 2 amide bonds. The molecule has 0 heterocycles. The van der Waals surface area contributed by atoms with Gasteiger partial charge in [-0.2, -0.15) is 0 Å². The highest BCUT2D eigenvalue weighted by Crippen LogP contribution is 1.98. The number of esters is 1. The van der Waals surface area contributed by atoms with Crippen molar-refractivity contribution in [2.45, 2.75) is 25.4 Å². The molecule has 0 rings (SSSR count). The Bertz CT molecular complexity index is 334. The minimum Gasteiger partial charge on any atom is -0.481 e. The number of ether oxygens (including phenoxy) is 2. The lowest BCUT2D eigenvalue weighted by atomic mass is 10.2. The molecule has 2 N–H and O–H groups in total. The van der Waals surface area contributed by atoms with Crippen molar-refractivity contribution in [1.29, 1.82) is 0 Å². The second-order valence-corrected chi connectivity index (χ2v) is 4.24. The third kappa shape index (κ3) is 8.30. The van der Waals surface area contributed by atoms with Gasteiger partial charge in [0.05, 0.1) is 19.6 Å². The van der Waals surface area contributed by atoms with Crippen LogP contribution in [0.25, 0.3) is 0 Å². The molecule has 20 heavy (non-hydrogen) atoms. The second kappa shape index (κ2) is 10.0. The van der Waals surface area contributed by atoms with Crippen LogP contribution in [0, 0.1) is 0 Å². The standard InChI is InChI=1S/C12H22N2O6/c1-14(6-4-5-11(17)20-3)12(18)13-8-9(19-2)7-10(15)16/h9H,4-8H2,1-3H3,(H,13,18)(H,15,16). The first-order valence-corrected chi connectivity index (χ1v) is 6.21. The lowest BCUT2D eigenvalue weighted by Gasteiger charge is -2.20. The van der Waals surface area contributed by atoms with Crippen molar-refractivity contribution in [3.8, 4) is 0 Å². The molecule has 0 aliphatic rings. The number of carbonyl (C=O) groups is 3. The summed E-state index contributed by atoms with van der Waals surface area (Å²) in [4.78, 5) is 34.5. The Hall–Kier alpha value is -1.83. The zero-order chi connectivity index (χ0) is 15.5. The predicted molar refractivity (Wildman–Crippen MR) is 70.3 cm³/mol. The molecule has 8 nitrogen and oxygen atoms in total. The Labute approximate surface area is 118 Å². The molecule has 0 spiro atoms. The highest BCUT2D eigenvalue weighted by atomic mass is 16.5. The summed E-state index contributed by atoms with van der Waals surface area (Å²) in [5, 5.41) is 11.2. The normalized spacial score (nSPS) is 11.6. The van der Waals surface area contributed by atoms with E-state index in [2.05, 4.69) is 10.1 Å². The van der Waals surface area contributed by atoms with Gasteiger partial charge in [-0.15, -0.1) is 0 Å². The van der Waals surface area contributed by atoms with Gasteiger partial charge in [0, 0.05) is 33.7 Å². The summed E-state index contributed by atoms with van der Waals surface area (Å²) in [6.07, 6.45) is -0.00395. The number of carbonyl (C=O) groups excluding carboxylic acids is 2. The number of carboxylic acids is 1. The Morgan fingerprint density at radius 1 is 1.30 bits per heavy atom. The number of rotatable bonds is 9. The van der Waals surface area contributed by atoms with Gasteiger partial charge in [0.15, 0.2) is 0 Å². The van der Waals surface area contributed by atoms with Crippen molar-refractivity contribution in [2.24, 2.45) is 0 Å². The van der Waals surface area contributed by atoms with Crippen LogP contribution in [0.4, 0.5) is 4.79 Å². The Morgan fingerprint density at radius 2 is 1.95 bits per heavy atom. The summed E-state index contributed by atoms with van der Waals surface area (Å²) in [7, 11) is 4.29. The molecule has 0 aromatic carbocycles. The van der Waals surface area contributed by atoms with Crippen molar-refractivity contribution in [2.75, 3.05) is 34.4 Å². The van der Waals surface area contributed by atoms with E-state index in [9.17, 15) is 14.4 Å². The minimum absolute atomic E-state index is 0.114. The number of nitrogens with zero attached hydrogens (tertiary/aromatic N) is 1. The fourth-order valence-electron chi connectivity index (χ4n) is 1.43. The number of aliphatic carboxylic acids is 1. The van der Waals surface area contributed by atoms with E-state index in [4.69, 9.17) is 9.84 Å². The SMILES string of the molecule is COC(=O)CCCN(C)C(=O)NCC(CC(=O)O)OC. The summed E-state index contributed by atoms with van der Waals surface area (Å²) in [5.74, 6) is -1.31. The van der Waals surface area contributed by atoms with Crippen LogP contribution in [0.15, 0.2) is 0 Å². The fourth-order valence-corrected chi connectivity index (χ4v) is 1.43. The summed E-state index contributed by atoms with van der Waals surface area (Å²) >= 11 is 0. The first kappa shape index (κ1) is 18.2. The molecule has 0 saturated heterocycles. The van der Waals surface area contributed by atoms with E-state index < -0.39 is 12.1 Å². The van der Waals surface area contributed by atoms with E-state index in [0.717, 1.165) is 0 Å². The van der Waals surface area contributed by atoms with Gasteiger partial charge in [-0.05, 0) is 6.42 Å². The fraction of sp³-hybridized carbons (Fsp3) is 0.750. The number of hydrogen-bond acceptors (Lipinski definition) is 5. The number of amides is 2. The molecule has 0 radical (unpaired) electrons. The van der Waals surface area contributed by atoms with E-state index in [0.29, 0.717) is 13.0 Å². The zero-order valence-corrected chi connectivity index (χ0v) is 12.0. The number of hydrogen-bond donors (Lipinski definition) is 2. The molecular formula is C12H22N2O6. The summed E-state index contributed by atoms with van der Waals surface area (Å²) in [6, 6.07) is -0.345. The van der Waals surface area contributed by atoms with E-state index in [1.807, 2.05) is 0 Å². The van der Waals surface area contributed by atoms with E-state index in [1.54, 1.807) is 7.05 Å². The van der Waals surface area contributed by atoms with Gasteiger partial charge in [0.1, 0.15) is 0 Å². The molecular weight excluding hydrogens is 268 g/mol. The predicted octanol–water partition coefficient (Wildman–Crippen LogP) is 0.0707. The van der Waals surface area contributed by atoms with Gasteiger partial charge in [0.25, 0.3) is 0 Å². The lowest BCUT2D eigenvalue weighted by Crippen LogP contribution is -2.42. The average Bonchev–Trinajstić information content (AvgIpc) is 2.41. The van der Waals surface area contributed by atoms with Gasteiger partial charge in [-0.25, -0.2) is 4.79 Å². The van der Waals surface area contributed by atoms with Crippen LogP contribution in [-0.2, 0) is 19.1 Å². The Kier molecular flexibility index (Phi) is 9.10. The lowest BCUT2D eigenvalue weighted by molar-refractivity contribution is -0.141. The Morgan fingerprint density at radius 3 is 2.45 bits per heavy atom.